The molecule has 154 valence electrons. The number of rotatable bonds is 4. The van der Waals surface area contributed by atoms with Gasteiger partial charge in [0.05, 0.1) is 0 Å². The molecule has 2 aliphatic heterocycles. The van der Waals surface area contributed by atoms with Crippen LogP contribution >= 0.6 is 0 Å². The second-order valence-electron chi connectivity index (χ2n) is 7.81. The number of benzene rings is 3. The van der Waals surface area contributed by atoms with Crippen molar-refractivity contribution in [2.75, 3.05) is 0 Å². The first kappa shape index (κ1) is 19.1. The van der Waals surface area contributed by atoms with Crippen LogP contribution < -0.4 is 10.1 Å². The molecule has 0 bridgehead atoms. The lowest BCUT2D eigenvalue weighted by atomic mass is 9.91. The molecule has 0 aliphatic carbocycles. The minimum atomic E-state index is -0.451. The number of carbonyl (C=O) groups is 2. The van der Waals surface area contributed by atoms with E-state index in [0.29, 0.717) is 25.3 Å². The average molecular weight is 410 g/mol. The Morgan fingerprint density at radius 2 is 1.61 bits per heavy atom. The van der Waals surface area contributed by atoms with Gasteiger partial charge in [0.2, 0.25) is 5.91 Å². The van der Waals surface area contributed by atoms with Crippen LogP contribution in [0.1, 0.15) is 22.3 Å². The quantitative estimate of drug-likeness (QED) is 0.668. The van der Waals surface area contributed by atoms with E-state index in [2.05, 4.69) is 5.32 Å². The summed E-state index contributed by atoms with van der Waals surface area (Å²) in [6.07, 6.45) is 2.27. The Morgan fingerprint density at radius 1 is 0.903 bits per heavy atom. The van der Waals surface area contributed by atoms with Crippen LogP contribution in [0.3, 0.4) is 0 Å². The van der Waals surface area contributed by atoms with Gasteiger partial charge in [0.1, 0.15) is 24.1 Å². The van der Waals surface area contributed by atoms with Crippen molar-refractivity contribution < 1.29 is 14.3 Å². The Morgan fingerprint density at radius 3 is 2.39 bits per heavy atom. The fourth-order valence-electron chi connectivity index (χ4n) is 4.06. The highest BCUT2D eigenvalue weighted by molar-refractivity contribution is 6.07. The van der Waals surface area contributed by atoms with E-state index in [1.165, 1.54) is 0 Å². The van der Waals surface area contributed by atoms with Gasteiger partial charge in [-0.15, -0.1) is 0 Å². The molecule has 5 heteroatoms. The van der Waals surface area contributed by atoms with Crippen LogP contribution in [0.5, 0.6) is 5.75 Å². The van der Waals surface area contributed by atoms with Gasteiger partial charge in [0, 0.05) is 13.0 Å². The highest BCUT2D eigenvalue weighted by Crippen LogP contribution is 2.28. The van der Waals surface area contributed by atoms with Crippen LogP contribution in [-0.2, 0) is 29.2 Å². The van der Waals surface area contributed by atoms with Gasteiger partial charge in [0.25, 0.3) is 5.91 Å². The lowest BCUT2D eigenvalue weighted by molar-refractivity contribution is -0.143. The molecule has 1 saturated heterocycles. The van der Waals surface area contributed by atoms with E-state index >= 15 is 0 Å². The summed E-state index contributed by atoms with van der Waals surface area (Å²) in [5.41, 5.74) is 4.46. The maximum Gasteiger partial charge on any atom is 0.271 e. The summed E-state index contributed by atoms with van der Waals surface area (Å²) in [7, 11) is 0. The molecule has 3 aromatic carbocycles. The topological polar surface area (TPSA) is 58.6 Å². The predicted molar refractivity (Wildman–Crippen MR) is 118 cm³/mol. The molecule has 31 heavy (non-hydrogen) atoms. The zero-order valence-corrected chi connectivity index (χ0v) is 17.0. The molecule has 2 amide bonds. The third kappa shape index (κ3) is 3.94. The summed E-state index contributed by atoms with van der Waals surface area (Å²) in [5, 5.41) is 2.81. The standard InChI is InChI=1S/C26H22N2O3/c29-25-24-15-20-8-4-5-9-21(20)16-28(24)26(30)23(27-25)14-18-10-12-22(13-11-18)31-17-19-6-2-1-3-7-19/h1-14,24H,15-17H2,(H,27,29)/b23-14-/t24-/m1/s1. The lowest BCUT2D eigenvalue weighted by Crippen LogP contribution is -2.58. The van der Waals surface area contributed by atoms with Crippen molar-refractivity contribution in [3.05, 3.63) is 107 Å². The van der Waals surface area contributed by atoms with E-state index in [1.54, 1.807) is 11.0 Å². The summed E-state index contributed by atoms with van der Waals surface area (Å²) >= 11 is 0. The third-order valence-electron chi connectivity index (χ3n) is 5.74. The number of carbonyl (C=O) groups excluding carboxylic acids is 2. The van der Waals surface area contributed by atoms with Crippen molar-refractivity contribution >= 4 is 17.9 Å². The number of piperazine rings is 1. The number of amides is 2. The van der Waals surface area contributed by atoms with Crippen LogP contribution in [0.15, 0.2) is 84.6 Å². The molecule has 5 nitrogen and oxygen atoms in total. The van der Waals surface area contributed by atoms with Crippen molar-refractivity contribution in [3.8, 4) is 5.75 Å². The van der Waals surface area contributed by atoms with E-state index in [1.807, 2.05) is 78.9 Å². The number of hydrogen-bond acceptors (Lipinski definition) is 3. The lowest BCUT2D eigenvalue weighted by Gasteiger charge is -2.39. The Hall–Kier alpha value is -3.86. The Bertz CT molecular complexity index is 1150. The first-order valence-electron chi connectivity index (χ1n) is 10.3. The zero-order valence-electron chi connectivity index (χ0n) is 17.0. The van der Waals surface area contributed by atoms with Gasteiger partial charge >= 0.3 is 0 Å². The molecule has 2 heterocycles. The monoisotopic (exact) mass is 410 g/mol. The maximum absolute atomic E-state index is 13.1. The molecule has 0 aromatic heterocycles. The average Bonchev–Trinajstić information content (AvgIpc) is 2.81. The Labute approximate surface area is 181 Å². The SMILES string of the molecule is O=C1N/C(=C\c2ccc(OCc3ccccc3)cc2)C(=O)N2Cc3ccccc3C[C@H]12. The number of hydrogen-bond donors (Lipinski definition) is 1. The molecule has 0 radical (unpaired) electrons. The summed E-state index contributed by atoms with van der Waals surface area (Å²) < 4.78 is 5.81. The van der Waals surface area contributed by atoms with Crippen molar-refractivity contribution in [2.45, 2.75) is 25.6 Å². The first-order valence-corrected chi connectivity index (χ1v) is 10.3. The summed E-state index contributed by atoms with van der Waals surface area (Å²) in [6.45, 7) is 0.949. The number of nitrogens with one attached hydrogen (secondary N) is 1. The minimum Gasteiger partial charge on any atom is -0.489 e. The Kier molecular flexibility index (Phi) is 5.00. The van der Waals surface area contributed by atoms with Gasteiger partial charge in [-0.3, -0.25) is 9.59 Å². The normalized spacial score (nSPS) is 18.9. The van der Waals surface area contributed by atoms with Crippen LogP contribution in [0.2, 0.25) is 0 Å². The fourth-order valence-corrected chi connectivity index (χ4v) is 4.06. The van der Waals surface area contributed by atoms with E-state index < -0.39 is 6.04 Å². The predicted octanol–water partition coefficient (Wildman–Crippen LogP) is 3.69. The number of nitrogens with zero attached hydrogens (tertiary/aromatic N) is 1. The number of ether oxygens (including phenoxy) is 1. The molecule has 0 spiro atoms. The van der Waals surface area contributed by atoms with Crippen LogP contribution in [0.4, 0.5) is 0 Å². The van der Waals surface area contributed by atoms with Crippen molar-refractivity contribution in [3.63, 3.8) is 0 Å². The van der Waals surface area contributed by atoms with Crippen LogP contribution in [0, 0.1) is 0 Å². The first-order chi connectivity index (χ1) is 15.2. The molecule has 1 fully saturated rings. The third-order valence-corrected chi connectivity index (χ3v) is 5.74. The number of fused-ring (bicyclic) bond motifs is 2. The van der Waals surface area contributed by atoms with E-state index in [4.69, 9.17) is 4.74 Å². The van der Waals surface area contributed by atoms with Crippen molar-refractivity contribution in [1.82, 2.24) is 10.2 Å². The highest BCUT2D eigenvalue weighted by atomic mass is 16.5. The molecule has 0 unspecified atom stereocenters. The summed E-state index contributed by atoms with van der Waals surface area (Å²) in [6, 6.07) is 25.0. The van der Waals surface area contributed by atoms with E-state index in [-0.39, 0.29) is 11.8 Å². The zero-order chi connectivity index (χ0) is 21.2. The van der Waals surface area contributed by atoms with Gasteiger partial charge in [-0.2, -0.15) is 0 Å². The van der Waals surface area contributed by atoms with Crippen molar-refractivity contribution in [1.29, 1.82) is 0 Å². The molecular formula is C26H22N2O3. The van der Waals surface area contributed by atoms with Crippen LogP contribution in [0.25, 0.3) is 6.08 Å². The highest BCUT2D eigenvalue weighted by Gasteiger charge is 2.40. The Balaban J connectivity index is 1.31. The molecule has 3 aromatic rings. The van der Waals surface area contributed by atoms with Gasteiger partial charge in [-0.25, -0.2) is 0 Å². The maximum atomic E-state index is 13.1. The summed E-state index contributed by atoms with van der Waals surface area (Å²) in [4.78, 5) is 27.4. The van der Waals surface area contributed by atoms with Gasteiger partial charge in [0.15, 0.2) is 0 Å². The van der Waals surface area contributed by atoms with Crippen molar-refractivity contribution in [2.24, 2.45) is 0 Å². The molecule has 0 saturated carbocycles. The van der Waals surface area contributed by atoms with Crippen LogP contribution in [-0.4, -0.2) is 22.8 Å². The fraction of sp³-hybridized carbons (Fsp3) is 0.154. The van der Waals surface area contributed by atoms with E-state index in [9.17, 15) is 9.59 Å². The van der Waals surface area contributed by atoms with Gasteiger partial charge in [-0.05, 0) is 40.5 Å². The second-order valence-corrected chi connectivity index (χ2v) is 7.81. The van der Waals surface area contributed by atoms with Gasteiger partial charge in [-0.1, -0.05) is 66.7 Å². The largest absolute Gasteiger partial charge is 0.489 e. The summed E-state index contributed by atoms with van der Waals surface area (Å²) in [5.74, 6) is 0.462. The molecule has 5 rings (SSSR count). The second kappa shape index (κ2) is 8.11. The smallest absolute Gasteiger partial charge is 0.271 e. The molecule has 1 atom stereocenters. The van der Waals surface area contributed by atoms with E-state index in [0.717, 1.165) is 28.0 Å². The van der Waals surface area contributed by atoms with Gasteiger partial charge < -0.3 is 15.0 Å². The minimum absolute atomic E-state index is 0.136. The molecule has 2 aliphatic rings. The molecular weight excluding hydrogens is 388 g/mol. The molecule has 1 N–H and O–H groups in total.